The molecule has 1 saturated heterocycles. The minimum Gasteiger partial charge on any atom is -0.350 e. The average molecular weight is 387 g/mol. The SMILES string of the molecule is CCC(C)(C)NC(=O)CN1CCN(Cc2csc(-c3ccccc3)n2)CC1. The van der Waals surface area contributed by atoms with Crippen LogP contribution in [0.3, 0.4) is 0 Å². The molecule has 1 fully saturated rings. The predicted octanol–water partition coefficient (Wildman–Crippen LogP) is 3.23. The van der Waals surface area contributed by atoms with Crippen molar-refractivity contribution in [1.82, 2.24) is 20.1 Å². The molecule has 5 nitrogen and oxygen atoms in total. The number of thiazole rings is 1. The van der Waals surface area contributed by atoms with E-state index in [9.17, 15) is 4.79 Å². The van der Waals surface area contributed by atoms with Gasteiger partial charge in [0.15, 0.2) is 0 Å². The highest BCUT2D eigenvalue weighted by molar-refractivity contribution is 7.13. The highest BCUT2D eigenvalue weighted by Gasteiger charge is 2.23. The van der Waals surface area contributed by atoms with Crippen LogP contribution in [0.25, 0.3) is 10.6 Å². The lowest BCUT2D eigenvalue weighted by Gasteiger charge is -2.34. The van der Waals surface area contributed by atoms with Crippen LogP contribution in [0.1, 0.15) is 32.9 Å². The van der Waals surface area contributed by atoms with E-state index in [-0.39, 0.29) is 11.4 Å². The number of nitrogens with one attached hydrogen (secondary N) is 1. The first-order valence-corrected chi connectivity index (χ1v) is 10.6. The van der Waals surface area contributed by atoms with E-state index < -0.39 is 0 Å². The van der Waals surface area contributed by atoms with E-state index in [1.54, 1.807) is 11.3 Å². The van der Waals surface area contributed by atoms with Gasteiger partial charge in [-0.1, -0.05) is 37.3 Å². The molecule has 3 rings (SSSR count). The molecule has 0 bridgehead atoms. The molecule has 0 atom stereocenters. The number of carbonyl (C=O) groups excluding carboxylic acids is 1. The summed E-state index contributed by atoms with van der Waals surface area (Å²) in [4.78, 5) is 21.7. The Kier molecular flexibility index (Phi) is 6.63. The maximum absolute atomic E-state index is 12.2. The third kappa shape index (κ3) is 5.86. The summed E-state index contributed by atoms with van der Waals surface area (Å²) in [5.74, 6) is 0.127. The molecule has 0 aliphatic carbocycles. The maximum atomic E-state index is 12.2. The van der Waals surface area contributed by atoms with Gasteiger partial charge in [-0.25, -0.2) is 4.98 Å². The van der Waals surface area contributed by atoms with Gasteiger partial charge in [0.25, 0.3) is 0 Å². The van der Waals surface area contributed by atoms with Gasteiger partial charge in [0, 0.05) is 49.2 Å². The van der Waals surface area contributed by atoms with Gasteiger partial charge in [-0.15, -0.1) is 11.3 Å². The number of aromatic nitrogens is 1. The molecule has 0 unspecified atom stereocenters. The fourth-order valence-electron chi connectivity index (χ4n) is 3.14. The molecule has 0 radical (unpaired) electrons. The fourth-order valence-corrected chi connectivity index (χ4v) is 3.95. The number of rotatable bonds is 7. The van der Waals surface area contributed by atoms with Crippen LogP contribution >= 0.6 is 11.3 Å². The summed E-state index contributed by atoms with van der Waals surface area (Å²) in [6.07, 6.45) is 0.936. The number of hydrogen-bond donors (Lipinski definition) is 1. The summed E-state index contributed by atoms with van der Waals surface area (Å²) in [5, 5.41) is 6.36. The molecule has 2 aromatic rings. The summed E-state index contributed by atoms with van der Waals surface area (Å²) in [6, 6.07) is 10.3. The molecule has 1 aromatic carbocycles. The van der Waals surface area contributed by atoms with Crippen LogP contribution in [0, 0.1) is 0 Å². The van der Waals surface area contributed by atoms with Gasteiger partial charge in [0.1, 0.15) is 5.01 Å². The van der Waals surface area contributed by atoms with Crippen LogP contribution in [0.2, 0.25) is 0 Å². The molecule has 1 amide bonds. The van der Waals surface area contributed by atoms with Gasteiger partial charge in [-0.05, 0) is 20.3 Å². The zero-order valence-electron chi connectivity index (χ0n) is 16.6. The van der Waals surface area contributed by atoms with Crippen molar-refractivity contribution in [3.8, 4) is 10.6 Å². The number of amides is 1. The Hall–Kier alpha value is -1.76. The Morgan fingerprint density at radius 3 is 2.48 bits per heavy atom. The van der Waals surface area contributed by atoms with Crippen LogP contribution in [-0.4, -0.2) is 59.0 Å². The standard InChI is InChI=1S/C21H30N4OS/c1-4-21(2,3)23-19(26)15-25-12-10-24(11-13-25)14-18-16-27-20(22-18)17-8-6-5-7-9-17/h5-9,16H,4,10-15H2,1-3H3,(H,23,26). The summed E-state index contributed by atoms with van der Waals surface area (Å²) in [5.41, 5.74) is 2.19. The number of nitrogens with zero attached hydrogens (tertiary/aromatic N) is 3. The van der Waals surface area contributed by atoms with Gasteiger partial charge in [-0.2, -0.15) is 0 Å². The van der Waals surface area contributed by atoms with Crippen LogP contribution < -0.4 is 5.32 Å². The minimum atomic E-state index is -0.125. The number of carbonyl (C=O) groups is 1. The molecular formula is C21H30N4OS. The van der Waals surface area contributed by atoms with E-state index in [1.807, 2.05) is 18.2 Å². The lowest BCUT2D eigenvalue weighted by molar-refractivity contribution is -0.124. The highest BCUT2D eigenvalue weighted by Crippen LogP contribution is 2.24. The Morgan fingerprint density at radius 2 is 1.81 bits per heavy atom. The summed E-state index contributed by atoms with van der Waals surface area (Å²) in [6.45, 7) is 11.4. The van der Waals surface area contributed by atoms with Crippen LogP contribution in [0.15, 0.2) is 35.7 Å². The quantitative estimate of drug-likeness (QED) is 0.794. The number of hydrogen-bond acceptors (Lipinski definition) is 5. The Balaban J connectivity index is 1.45. The molecule has 1 aliphatic heterocycles. The van der Waals surface area contributed by atoms with Crippen molar-refractivity contribution < 1.29 is 4.79 Å². The van der Waals surface area contributed by atoms with Gasteiger partial charge in [-0.3, -0.25) is 14.6 Å². The molecular weight excluding hydrogens is 356 g/mol. The maximum Gasteiger partial charge on any atom is 0.234 e. The molecule has 146 valence electrons. The average Bonchev–Trinajstić information content (AvgIpc) is 3.12. The Bertz CT molecular complexity index is 736. The minimum absolute atomic E-state index is 0.125. The van der Waals surface area contributed by atoms with E-state index in [1.165, 1.54) is 5.56 Å². The van der Waals surface area contributed by atoms with Gasteiger partial charge in [0.05, 0.1) is 12.2 Å². The lowest BCUT2D eigenvalue weighted by Crippen LogP contribution is -2.52. The lowest BCUT2D eigenvalue weighted by atomic mass is 10.0. The van der Waals surface area contributed by atoms with E-state index in [0.717, 1.165) is 49.8 Å². The Morgan fingerprint density at radius 1 is 1.15 bits per heavy atom. The Labute approximate surface area is 166 Å². The monoisotopic (exact) mass is 386 g/mol. The van der Waals surface area contributed by atoms with Crippen molar-refractivity contribution in [1.29, 1.82) is 0 Å². The summed E-state index contributed by atoms with van der Waals surface area (Å²) in [7, 11) is 0. The van der Waals surface area contributed by atoms with Crippen molar-refractivity contribution in [2.75, 3.05) is 32.7 Å². The first kappa shape index (κ1) is 20.0. The molecule has 1 aliphatic rings. The molecule has 27 heavy (non-hydrogen) atoms. The molecule has 1 aromatic heterocycles. The third-order valence-electron chi connectivity index (χ3n) is 5.15. The van der Waals surface area contributed by atoms with Crippen LogP contribution in [-0.2, 0) is 11.3 Å². The van der Waals surface area contributed by atoms with E-state index in [4.69, 9.17) is 4.98 Å². The molecule has 0 spiro atoms. The topological polar surface area (TPSA) is 48.5 Å². The zero-order valence-corrected chi connectivity index (χ0v) is 17.4. The smallest absolute Gasteiger partial charge is 0.234 e. The molecule has 6 heteroatoms. The van der Waals surface area contributed by atoms with Gasteiger partial charge >= 0.3 is 0 Å². The van der Waals surface area contributed by atoms with Gasteiger partial charge < -0.3 is 5.32 Å². The van der Waals surface area contributed by atoms with E-state index in [2.05, 4.69) is 53.4 Å². The van der Waals surface area contributed by atoms with Crippen LogP contribution in [0.5, 0.6) is 0 Å². The zero-order chi connectivity index (χ0) is 19.3. The van der Waals surface area contributed by atoms with Crippen LogP contribution in [0.4, 0.5) is 0 Å². The van der Waals surface area contributed by atoms with Gasteiger partial charge in [0.2, 0.25) is 5.91 Å². The van der Waals surface area contributed by atoms with Crippen molar-refractivity contribution in [2.24, 2.45) is 0 Å². The molecule has 0 saturated carbocycles. The predicted molar refractivity (Wildman–Crippen MR) is 112 cm³/mol. The van der Waals surface area contributed by atoms with Crippen molar-refractivity contribution >= 4 is 17.2 Å². The first-order chi connectivity index (χ1) is 12.9. The largest absolute Gasteiger partial charge is 0.350 e. The third-order valence-corrected chi connectivity index (χ3v) is 6.09. The van der Waals surface area contributed by atoms with E-state index >= 15 is 0 Å². The number of piperazine rings is 1. The second kappa shape index (κ2) is 8.95. The van der Waals surface area contributed by atoms with Crippen molar-refractivity contribution in [2.45, 2.75) is 39.3 Å². The van der Waals surface area contributed by atoms with Crippen molar-refractivity contribution in [3.63, 3.8) is 0 Å². The second-order valence-electron chi connectivity index (χ2n) is 7.85. The summed E-state index contributed by atoms with van der Waals surface area (Å²) >= 11 is 1.71. The molecule has 2 heterocycles. The first-order valence-electron chi connectivity index (χ1n) is 9.71. The summed E-state index contributed by atoms with van der Waals surface area (Å²) < 4.78 is 0. The fraction of sp³-hybridized carbons (Fsp3) is 0.524. The van der Waals surface area contributed by atoms with Crippen molar-refractivity contribution in [3.05, 3.63) is 41.4 Å². The molecule has 1 N–H and O–H groups in total. The normalized spacial score (nSPS) is 16.4. The van der Waals surface area contributed by atoms with E-state index in [0.29, 0.717) is 6.54 Å². The number of benzene rings is 1. The highest BCUT2D eigenvalue weighted by atomic mass is 32.1. The second-order valence-corrected chi connectivity index (χ2v) is 8.71.